The number of anilines is 1. The Morgan fingerprint density at radius 1 is 0.893 bits per heavy atom. The van der Waals surface area contributed by atoms with Gasteiger partial charge in [0.05, 0.1) is 24.0 Å². The lowest BCUT2D eigenvalue weighted by atomic mass is 9.71. The molecular formula is C40H49BN2O23P3S6. The van der Waals surface area contributed by atoms with Crippen LogP contribution in [0.2, 0.25) is 0 Å². The summed E-state index contributed by atoms with van der Waals surface area (Å²) in [6, 6.07) is 7.80. The summed E-state index contributed by atoms with van der Waals surface area (Å²) in [5.41, 5.74) is 4.43. The molecule has 35 heteroatoms. The highest BCUT2D eigenvalue weighted by Crippen LogP contribution is 2.66. The highest BCUT2D eigenvalue weighted by Gasteiger charge is 2.43. The Labute approximate surface area is 446 Å². The van der Waals surface area contributed by atoms with Crippen LogP contribution in [-0.4, -0.2) is 129 Å². The molecule has 411 valence electrons. The Kier molecular flexibility index (Phi) is 21.0. The van der Waals surface area contributed by atoms with Gasteiger partial charge in [-0.05, 0) is 61.4 Å². The number of rotatable bonds is 24. The van der Waals surface area contributed by atoms with E-state index in [1.165, 1.54) is 80.8 Å². The number of benzene rings is 3. The van der Waals surface area contributed by atoms with Gasteiger partial charge in [0.1, 0.15) is 29.5 Å². The zero-order chi connectivity index (χ0) is 56.1. The third kappa shape index (κ3) is 18.3. The fraction of sp³-hybridized carbons (Fsp3) is 0.400. The van der Waals surface area contributed by atoms with Gasteiger partial charge in [0.15, 0.2) is 16.4 Å². The standard InChI is InChI=1S/C40H49BN2O23P3S6/c1-22-8-10-25-32(26-12-13-28(42)36(75(57,58)59)34(26)64-33(25)35(22)74(54,55)56)24-11-9-23(16-27(24)38(45)46)37(44)43-19-40(5,6)73-70-20-60-15-7-14-41-31-17-29(61-21-71-72-39(2,3)4)30(63-31)18-62-68(50,51)66-69(52,53)65-67(47,48)49/h8-13,16,29-31H,1,15,17-21,42H2,2-6H3,(H,43,44)(H,45,46)(H,50,51)(H,52,53)(H2,47,48,49)(H,54,55,56)(H,57,58,59)/t29-,30-,31-/m1/s1. The van der Waals surface area contributed by atoms with E-state index in [-0.39, 0.29) is 68.9 Å². The minimum atomic E-state index is -5.73. The Morgan fingerprint density at radius 3 is 2.17 bits per heavy atom. The van der Waals surface area contributed by atoms with Gasteiger partial charge in [-0.2, -0.15) is 31.3 Å². The number of hydrogen-bond donors (Lipinski definition) is 9. The van der Waals surface area contributed by atoms with Gasteiger partial charge in [0.25, 0.3) is 33.4 Å². The average molecular weight is 1220 g/mol. The van der Waals surface area contributed by atoms with Gasteiger partial charge >= 0.3 is 29.4 Å². The normalized spacial score (nSPS) is 18.6. The number of carboxylic acids is 1. The summed E-state index contributed by atoms with van der Waals surface area (Å²) in [5.74, 6) is 2.41. The van der Waals surface area contributed by atoms with Crippen molar-refractivity contribution < 1.29 is 106 Å². The molecule has 3 aromatic rings. The summed E-state index contributed by atoms with van der Waals surface area (Å²) >= 11 is 0. The van der Waals surface area contributed by atoms with Crippen molar-refractivity contribution in [2.75, 3.05) is 37.4 Å². The van der Waals surface area contributed by atoms with Gasteiger partial charge in [-0.15, -0.1) is 0 Å². The van der Waals surface area contributed by atoms with Crippen LogP contribution in [0.3, 0.4) is 0 Å². The van der Waals surface area contributed by atoms with Crippen LogP contribution in [0.5, 0.6) is 11.5 Å². The molecule has 0 bridgehead atoms. The van der Waals surface area contributed by atoms with Crippen LogP contribution in [0, 0.1) is 11.7 Å². The van der Waals surface area contributed by atoms with E-state index in [9.17, 15) is 64.1 Å². The molecule has 0 saturated carbocycles. The predicted octanol–water partition coefficient (Wildman–Crippen LogP) is 4.73. The zero-order valence-corrected chi connectivity index (χ0v) is 47.4. The maximum absolute atomic E-state index is 13.5. The van der Waals surface area contributed by atoms with E-state index < -0.39 is 118 Å². The highest BCUT2D eigenvalue weighted by molar-refractivity contribution is 8.77. The summed E-state index contributed by atoms with van der Waals surface area (Å²) in [6.07, 6.45) is -1.54. The van der Waals surface area contributed by atoms with Crippen molar-refractivity contribution in [1.82, 2.24) is 5.32 Å². The van der Waals surface area contributed by atoms with Crippen molar-refractivity contribution in [1.29, 1.82) is 0 Å². The molecule has 1 radical (unpaired) electrons. The van der Waals surface area contributed by atoms with Crippen LogP contribution in [0.25, 0.3) is 12.2 Å². The molecule has 0 aliphatic carbocycles. The van der Waals surface area contributed by atoms with Gasteiger partial charge in [0, 0.05) is 44.0 Å². The van der Waals surface area contributed by atoms with Gasteiger partial charge in [-0.1, -0.05) is 88.6 Å². The SMILES string of the molecule is C=c1ccc2c(c1S(=O)(=O)O)Oc1c(ccc(N)c1S(=O)(=O)O)C=2c1ccc(C(=O)NCC(C)(C)SSCOCC#C[B][C@H]2C[C@@H](OCSSC(C)(C)C)[C@@H](COP(=O)(O)OP(=O)(O)OP(=O)(O)O)O2)cc1C(=O)O. The molecule has 2 unspecified atom stereocenters. The highest BCUT2D eigenvalue weighted by atomic mass is 33.1. The molecular weight excluding hydrogens is 1170 g/mol. The molecule has 5 rings (SSSR count). The van der Waals surface area contributed by atoms with E-state index in [0.29, 0.717) is 0 Å². The largest absolute Gasteiger partial charge is 0.490 e. The number of amides is 1. The Hall–Kier alpha value is -2.93. The molecule has 3 aromatic carbocycles. The second-order valence-electron chi connectivity index (χ2n) is 17.4. The summed E-state index contributed by atoms with van der Waals surface area (Å²) in [7, 11) is -20.0. The fourth-order valence-corrected chi connectivity index (χ4v) is 15.5. The first kappa shape index (κ1) is 62.9. The lowest BCUT2D eigenvalue weighted by Crippen LogP contribution is -2.36. The summed E-state index contributed by atoms with van der Waals surface area (Å²) in [6.45, 7) is 12.6. The number of fused-ring (bicyclic) bond motifs is 2. The maximum atomic E-state index is 13.5. The number of nitrogens with one attached hydrogen (secondary N) is 1. The topological polar surface area (TPSA) is 398 Å². The van der Waals surface area contributed by atoms with Crippen molar-refractivity contribution in [3.63, 3.8) is 0 Å². The molecule has 2 aliphatic heterocycles. The number of hydrogen-bond acceptors (Lipinski definition) is 21. The first-order valence-corrected chi connectivity index (χ1v) is 33.2. The third-order valence-electron chi connectivity index (χ3n) is 9.70. The molecule has 2 aliphatic rings. The van der Waals surface area contributed by atoms with E-state index in [2.05, 4.69) is 32.3 Å². The van der Waals surface area contributed by atoms with Gasteiger partial charge < -0.3 is 54.7 Å². The van der Waals surface area contributed by atoms with Crippen molar-refractivity contribution >= 4 is 124 Å². The van der Waals surface area contributed by atoms with Gasteiger partial charge in [-0.25, -0.2) is 18.5 Å². The molecule has 1 saturated heterocycles. The van der Waals surface area contributed by atoms with Gasteiger partial charge in [0.2, 0.25) is 0 Å². The second kappa shape index (κ2) is 25.0. The van der Waals surface area contributed by atoms with Crippen LogP contribution < -0.4 is 26.2 Å². The summed E-state index contributed by atoms with van der Waals surface area (Å²) in [4.78, 5) is 61.5. The lowest BCUT2D eigenvalue weighted by Gasteiger charge is -2.25. The number of nitrogen functional groups attached to an aromatic ring is 1. The number of carbonyl (C=O) groups is 2. The first-order valence-electron chi connectivity index (χ1n) is 21.1. The van der Waals surface area contributed by atoms with E-state index >= 15 is 0 Å². The molecule has 2 heterocycles. The fourth-order valence-electron chi connectivity index (χ4n) is 6.84. The monoisotopic (exact) mass is 1220 g/mol. The molecule has 10 N–H and O–H groups in total. The number of phosphoric ester groups is 1. The van der Waals surface area contributed by atoms with E-state index in [4.69, 9.17) is 39.0 Å². The van der Waals surface area contributed by atoms with Crippen LogP contribution in [0.4, 0.5) is 5.69 Å². The minimum Gasteiger partial charge on any atom is -0.478 e. The van der Waals surface area contributed by atoms with Crippen LogP contribution in [-0.2, 0) is 61.3 Å². The second-order valence-corrected chi connectivity index (χ2v) is 30.5. The molecule has 0 spiro atoms. The van der Waals surface area contributed by atoms with Gasteiger partial charge in [-0.3, -0.25) is 18.4 Å². The van der Waals surface area contributed by atoms with Crippen molar-refractivity contribution in [2.24, 2.45) is 0 Å². The molecule has 1 fully saturated rings. The molecule has 0 aromatic heterocycles. The van der Waals surface area contributed by atoms with Crippen molar-refractivity contribution in [2.45, 2.75) is 78.5 Å². The number of carboxylic acid groups (broad SMARTS) is 1. The maximum Gasteiger partial charge on any atom is 0.490 e. The van der Waals surface area contributed by atoms with Crippen molar-refractivity contribution in [3.05, 3.63) is 75.2 Å². The van der Waals surface area contributed by atoms with Crippen LogP contribution in [0.1, 0.15) is 72.9 Å². The summed E-state index contributed by atoms with van der Waals surface area (Å²) < 4.78 is 140. The number of nitrogens with two attached hydrogens (primary N) is 1. The van der Waals surface area contributed by atoms with Crippen LogP contribution in [0.15, 0.2) is 52.3 Å². The first-order chi connectivity index (χ1) is 34.5. The Balaban J connectivity index is 1.18. The number of aromatic carboxylic acids is 1. The molecule has 5 atom stereocenters. The predicted molar refractivity (Wildman–Crippen MR) is 280 cm³/mol. The van der Waals surface area contributed by atoms with Crippen molar-refractivity contribution in [3.8, 4) is 23.2 Å². The molecule has 25 nitrogen and oxygen atoms in total. The summed E-state index contributed by atoms with van der Waals surface area (Å²) in [5, 5.41) is 12.8. The quantitative estimate of drug-likeness (QED) is 0.00669. The Morgan fingerprint density at radius 2 is 1.55 bits per heavy atom. The molecule has 75 heavy (non-hydrogen) atoms. The zero-order valence-electron chi connectivity index (χ0n) is 39.8. The smallest absolute Gasteiger partial charge is 0.478 e. The number of carbonyl (C=O) groups excluding carboxylic acids is 1. The minimum absolute atomic E-state index is 0.0243. The van der Waals surface area contributed by atoms with E-state index in [1.807, 2.05) is 34.6 Å². The molecule has 1 amide bonds. The van der Waals surface area contributed by atoms with Crippen LogP contribution >= 0.6 is 66.6 Å². The lowest BCUT2D eigenvalue weighted by molar-refractivity contribution is -0.0240. The Bertz CT molecular complexity index is 3260. The van der Waals surface area contributed by atoms with E-state index in [0.717, 1.165) is 12.1 Å². The third-order valence-corrected chi connectivity index (χ3v) is 21.4. The number of phosphoric acid groups is 3. The number of ether oxygens (including phenoxy) is 4. The average Bonchev–Trinajstić information content (AvgIpc) is 3.65. The van der Waals surface area contributed by atoms with E-state index in [1.54, 1.807) is 0 Å².